The number of carbonyl (C=O) groups excluding carboxylic acids is 2. The van der Waals surface area contributed by atoms with Crippen molar-refractivity contribution in [3.63, 3.8) is 0 Å². The van der Waals surface area contributed by atoms with Crippen molar-refractivity contribution in [1.82, 2.24) is 4.90 Å². The molecule has 104 valence electrons. The number of anilines is 1. The molecule has 1 fully saturated rings. The summed E-state index contributed by atoms with van der Waals surface area (Å²) in [5.74, 6) is -0.150. The van der Waals surface area contributed by atoms with E-state index >= 15 is 0 Å². The second kappa shape index (κ2) is 6.43. The molecule has 1 heterocycles. The fourth-order valence-electron chi connectivity index (χ4n) is 1.89. The number of nitrogens with zero attached hydrogens (tertiary/aromatic N) is 2. The monoisotopic (exact) mass is 344 g/mol. The molecule has 19 heavy (non-hydrogen) atoms. The second-order valence-electron chi connectivity index (χ2n) is 4.45. The molecule has 0 spiro atoms. The zero-order chi connectivity index (χ0) is 13.3. The van der Waals surface area contributed by atoms with E-state index in [9.17, 15) is 9.59 Å². The number of urea groups is 1. The standard InChI is InChI=1S/C13H17N2O2S.BrH/c1-10(18(2)3)14-9-12(16)15(13(14)17)11-7-5-4-6-8-11;/h4-8,10H,9H2,1-3H3;1H/q+1;/p-1. The molecule has 0 saturated carbocycles. The smallest absolute Gasteiger partial charge is 0.335 e. The zero-order valence-electron chi connectivity index (χ0n) is 11.2. The Labute approximate surface area is 126 Å². The lowest BCUT2D eigenvalue weighted by Crippen LogP contribution is -3.00. The van der Waals surface area contributed by atoms with Crippen molar-refractivity contribution >= 4 is 28.5 Å². The van der Waals surface area contributed by atoms with Gasteiger partial charge in [-0.05, 0) is 12.1 Å². The van der Waals surface area contributed by atoms with Gasteiger partial charge < -0.3 is 17.0 Å². The second-order valence-corrected chi connectivity index (χ2v) is 6.90. The molecule has 1 atom stereocenters. The first kappa shape index (κ1) is 16.0. The summed E-state index contributed by atoms with van der Waals surface area (Å²) in [6, 6.07) is 8.87. The molecule has 0 bridgehead atoms. The van der Waals surface area contributed by atoms with Crippen molar-refractivity contribution in [2.45, 2.75) is 12.3 Å². The van der Waals surface area contributed by atoms with Gasteiger partial charge in [-0.1, -0.05) is 18.2 Å². The average Bonchev–Trinajstić information content (AvgIpc) is 2.65. The van der Waals surface area contributed by atoms with Gasteiger partial charge in [0.15, 0.2) is 5.37 Å². The van der Waals surface area contributed by atoms with Crippen molar-refractivity contribution in [2.24, 2.45) is 0 Å². The van der Waals surface area contributed by atoms with Crippen LogP contribution in [0.15, 0.2) is 30.3 Å². The summed E-state index contributed by atoms with van der Waals surface area (Å²) in [6.07, 6.45) is 4.15. The van der Waals surface area contributed by atoms with Gasteiger partial charge in [0.25, 0.3) is 5.91 Å². The van der Waals surface area contributed by atoms with Crippen molar-refractivity contribution < 1.29 is 26.6 Å². The maximum atomic E-state index is 12.3. The van der Waals surface area contributed by atoms with Crippen LogP contribution >= 0.6 is 0 Å². The van der Waals surface area contributed by atoms with Gasteiger partial charge in [0.1, 0.15) is 6.54 Å². The van der Waals surface area contributed by atoms with Gasteiger partial charge in [-0.2, -0.15) is 0 Å². The van der Waals surface area contributed by atoms with Gasteiger partial charge in [-0.3, -0.25) is 9.69 Å². The summed E-state index contributed by atoms with van der Waals surface area (Å²) in [4.78, 5) is 27.2. The average molecular weight is 345 g/mol. The Morgan fingerprint density at radius 2 is 1.74 bits per heavy atom. The highest BCUT2D eigenvalue weighted by atomic mass is 79.9. The summed E-state index contributed by atoms with van der Waals surface area (Å²) in [5.41, 5.74) is 0.647. The molecule has 1 saturated heterocycles. The number of hydrogen-bond acceptors (Lipinski definition) is 2. The Morgan fingerprint density at radius 3 is 2.26 bits per heavy atom. The summed E-state index contributed by atoms with van der Waals surface area (Å²) < 4.78 is 0. The minimum absolute atomic E-state index is 0. The quantitative estimate of drug-likeness (QED) is 0.504. The highest BCUT2D eigenvalue weighted by molar-refractivity contribution is 7.96. The minimum atomic E-state index is -0.208. The summed E-state index contributed by atoms with van der Waals surface area (Å²) in [7, 11) is 0.0691. The molecule has 2 rings (SSSR count). The molecule has 1 aromatic rings. The van der Waals surface area contributed by atoms with Crippen LogP contribution in [0.2, 0.25) is 0 Å². The van der Waals surface area contributed by atoms with Gasteiger partial charge >= 0.3 is 6.03 Å². The molecule has 0 N–H and O–H groups in total. The highest BCUT2D eigenvalue weighted by Crippen LogP contribution is 2.23. The molecule has 1 unspecified atom stereocenters. The highest BCUT2D eigenvalue weighted by Gasteiger charge is 2.42. The van der Waals surface area contributed by atoms with Gasteiger partial charge in [0.2, 0.25) is 0 Å². The van der Waals surface area contributed by atoms with Crippen LogP contribution in [0.4, 0.5) is 10.5 Å². The normalized spacial score (nSPS) is 16.8. The Bertz CT molecular complexity index is 467. The van der Waals surface area contributed by atoms with Crippen LogP contribution < -0.4 is 21.9 Å². The van der Waals surface area contributed by atoms with E-state index in [-0.39, 0.29) is 51.7 Å². The lowest BCUT2D eigenvalue weighted by atomic mass is 10.3. The predicted molar refractivity (Wildman–Crippen MR) is 74.7 cm³/mol. The molecule has 4 nitrogen and oxygen atoms in total. The lowest BCUT2D eigenvalue weighted by Gasteiger charge is -2.20. The molecule has 0 aliphatic carbocycles. The van der Waals surface area contributed by atoms with E-state index in [4.69, 9.17) is 0 Å². The number of para-hydroxylation sites is 1. The number of imide groups is 1. The molecule has 3 amide bonds. The Balaban J connectivity index is 0.00000180. The summed E-state index contributed by atoms with van der Waals surface area (Å²) >= 11 is 0. The third kappa shape index (κ3) is 3.12. The van der Waals surface area contributed by atoms with E-state index in [2.05, 4.69) is 12.5 Å². The first-order chi connectivity index (χ1) is 8.52. The van der Waals surface area contributed by atoms with Crippen molar-refractivity contribution in [1.29, 1.82) is 0 Å². The SMILES string of the molecule is CC(N1CC(=O)N(c2ccccc2)C1=O)[S+](C)C.[Br-]. The van der Waals surface area contributed by atoms with Crippen molar-refractivity contribution in [2.75, 3.05) is 24.0 Å². The Morgan fingerprint density at radius 1 is 1.16 bits per heavy atom. The van der Waals surface area contributed by atoms with Crippen LogP contribution in [-0.2, 0) is 15.7 Å². The fraction of sp³-hybridized carbons (Fsp3) is 0.385. The predicted octanol–water partition coefficient (Wildman–Crippen LogP) is -1.32. The van der Waals surface area contributed by atoms with E-state index in [1.807, 2.05) is 25.1 Å². The minimum Gasteiger partial charge on any atom is -1.00 e. The van der Waals surface area contributed by atoms with Gasteiger partial charge in [-0.15, -0.1) is 0 Å². The number of carbonyl (C=O) groups is 2. The molecule has 1 aliphatic heterocycles. The largest absolute Gasteiger partial charge is 1.00 e. The number of amides is 3. The van der Waals surface area contributed by atoms with Crippen LogP contribution in [0, 0.1) is 0 Å². The maximum absolute atomic E-state index is 12.3. The van der Waals surface area contributed by atoms with Crippen LogP contribution in [0.5, 0.6) is 0 Å². The van der Waals surface area contributed by atoms with Crippen LogP contribution in [-0.4, -0.2) is 41.3 Å². The number of hydrogen-bond donors (Lipinski definition) is 0. The van der Waals surface area contributed by atoms with E-state index in [1.54, 1.807) is 17.0 Å². The van der Waals surface area contributed by atoms with E-state index in [0.29, 0.717) is 5.69 Å². The first-order valence-electron chi connectivity index (χ1n) is 5.77. The molecule has 1 aromatic carbocycles. The molecular formula is C13H17BrN2O2S. The number of benzene rings is 1. The Kier molecular flexibility index (Phi) is 5.43. The van der Waals surface area contributed by atoms with Crippen LogP contribution in [0.1, 0.15) is 6.92 Å². The number of halogens is 1. The first-order valence-corrected chi connectivity index (χ1v) is 7.88. The van der Waals surface area contributed by atoms with Gasteiger partial charge in [-0.25, -0.2) is 9.69 Å². The van der Waals surface area contributed by atoms with E-state index in [0.717, 1.165) is 0 Å². The lowest BCUT2D eigenvalue weighted by molar-refractivity contribution is -0.116. The molecule has 1 aliphatic rings. The zero-order valence-corrected chi connectivity index (χ0v) is 13.6. The molecule has 6 heteroatoms. The molecule has 0 aromatic heterocycles. The summed E-state index contributed by atoms with van der Waals surface area (Å²) in [5, 5.41) is 0.0927. The maximum Gasteiger partial charge on any atom is 0.335 e. The van der Waals surface area contributed by atoms with Gasteiger partial charge in [0, 0.05) is 17.8 Å². The third-order valence-corrected chi connectivity index (χ3v) is 4.75. The third-order valence-electron chi connectivity index (χ3n) is 3.13. The van der Waals surface area contributed by atoms with Crippen LogP contribution in [0.25, 0.3) is 0 Å². The fourth-order valence-corrected chi connectivity index (χ4v) is 2.56. The van der Waals surface area contributed by atoms with Crippen LogP contribution in [0.3, 0.4) is 0 Å². The number of rotatable bonds is 3. The van der Waals surface area contributed by atoms with Gasteiger partial charge in [0.05, 0.1) is 18.2 Å². The molecule has 0 radical (unpaired) electrons. The summed E-state index contributed by atoms with van der Waals surface area (Å²) in [6.45, 7) is 2.17. The Hall–Kier alpha value is -1.01. The van der Waals surface area contributed by atoms with E-state index in [1.165, 1.54) is 4.90 Å². The molecular weight excluding hydrogens is 328 g/mol. The van der Waals surface area contributed by atoms with Crippen molar-refractivity contribution in [3.8, 4) is 0 Å². The van der Waals surface area contributed by atoms with E-state index < -0.39 is 0 Å². The topological polar surface area (TPSA) is 40.6 Å². The van der Waals surface area contributed by atoms with Crippen molar-refractivity contribution in [3.05, 3.63) is 30.3 Å².